The first-order valence-electron chi connectivity index (χ1n) is 9.29. The Morgan fingerprint density at radius 1 is 1.10 bits per heavy atom. The fraction of sp³-hybridized carbons (Fsp3) is 0.0870. The number of carbonyl (C=O) groups excluding carboxylic acids is 1. The van der Waals surface area contributed by atoms with E-state index in [2.05, 4.69) is 16.9 Å². The van der Waals surface area contributed by atoms with Crippen molar-refractivity contribution >= 4 is 29.2 Å². The zero-order chi connectivity index (χ0) is 22.2. The van der Waals surface area contributed by atoms with E-state index in [1.807, 2.05) is 0 Å². The number of anilines is 3. The van der Waals surface area contributed by atoms with Crippen LogP contribution in [0.1, 0.15) is 21.6 Å². The maximum Gasteiger partial charge on any atom is 0.416 e. The molecule has 1 amide bonds. The van der Waals surface area contributed by atoms with E-state index in [9.17, 15) is 18.0 Å². The van der Waals surface area contributed by atoms with Crippen LogP contribution in [0.15, 0.2) is 72.9 Å². The van der Waals surface area contributed by atoms with Gasteiger partial charge in [0.25, 0.3) is 5.91 Å². The number of aromatic nitrogens is 1. The molecule has 2 N–H and O–H groups in total. The SMILES string of the molecule is C=C1C=Cc2cc(C(=O)Nc3cccc(OC)c3)[nH]c2N1c1ccc(C(F)(F)F)cc1. The number of methoxy groups -OCH3 is 1. The second-order valence-electron chi connectivity index (χ2n) is 6.88. The Bertz CT molecular complexity index is 1180. The third-order valence-electron chi connectivity index (χ3n) is 4.82. The lowest BCUT2D eigenvalue weighted by molar-refractivity contribution is -0.137. The zero-order valence-corrected chi connectivity index (χ0v) is 16.5. The second kappa shape index (κ2) is 7.71. The number of hydrogen-bond acceptors (Lipinski definition) is 3. The molecule has 0 atom stereocenters. The number of alkyl halides is 3. The molecule has 8 heteroatoms. The van der Waals surface area contributed by atoms with E-state index in [4.69, 9.17) is 4.74 Å². The zero-order valence-electron chi connectivity index (χ0n) is 16.5. The van der Waals surface area contributed by atoms with Gasteiger partial charge in [0.1, 0.15) is 17.3 Å². The summed E-state index contributed by atoms with van der Waals surface area (Å²) in [5, 5.41) is 2.79. The van der Waals surface area contributed by atoms with Crippen molar-refractivity contribution in [3.05, 3.63) is 89.8 Å². The fourth-order valence-corrected chi connectivity index (χ4v) is 3.29. The van der Waals surface area contributed by atoms with Gasteiger partial charge in [0.2, 0.25) is 0 Å². The minimum atomic E-state index is -4.42. The average molecular weight is 425 g/mol. The molecule has 1 aliphatic rings. The molecule has 0 saturated carbocycles. The Morgan fingerprint density at radius 2 is 1.84 bits per heavy atom. The summed E-state index contributed by atoms with van der Waals surface area (Å²) in [4.78, 5) is 17.5. The maximum atomic E-state index is 12.9. The summed E-state index contributed by atoms with van der Waals surface area (Å²) in [7, 11) is 1.54. The van der Waals surface area contributed by atoms with Crippen LogP contribution >= 0.6 is 0 Å². The Labute approximate surface area is 176 Å². The number of fused-ring (bicyclic) bond motifs is 1. The minimum absolute atomic E-state index is 0.295. The minimum Gasteiger partial charge on any atom is -0.497 e. The summed E-state index contributed by atoms with van der Waals surface area (Å²) in [6.07, 6.45) is -0.894. The van der Waals surface area contributed by atoms with Gasteiger partial charge >= 0.3 is 6.18 Å². The predicted octanol–water partition coefficient (Wildman–Crippen LogP) is 5.97. The molecule has 5 nitrogen and oxygen atoms in total. The molecule has 0 saturated heterocycles. The highest BCUT2D eigenvalue weighted by atomic mass is 19.4. The van der Waals surface area contributed by atoms with Crippen LogP contribution in [-0.2, 0) is 6.18 Å². The number of benzene rings is 2. The predicted molar refractivity (Wildman–Crippen MR) is 113 cm³/mol. The molecule has 2 aromatic carbocycles. The highest BCUT2D eigenvalue weighted by Gasteiger charge is 2.31. The monoisotopic (exact) mass is 425 g/mol. The number of nitrogens with one attached hydrogen (secondary N) is 2. The van der Waals surface area contributed by atoms with Crippen molar-refractivity contribution in [3.8, 4) is 5.75 Å². The number of carbonyl (C=O) groups is 1. The first-order chi connectivity index (χ1) is 14.8. The normalized spacial score (nSPS) is 13.2. The molecular formula is C23H18F3N3O2. The number of amides is 1. The molecule has 2 heterocycles. The van der Waals surface area contributed by atoms with E-state index in [0.29, 0.717) is 39.9 Å². The first kappa shape index (κ1) is 20.3. The van der Waals surface area contributed by atoms with Crippen molar-refractivity contribution in [1.29, 1.82) is 0 Å². The van der Waals surface area contributed by atoms with Gasteiger partial charge in [0.15, 0.2) is 0 Å². The van der Waals surface area contributed by atoms with Gasteiger partial charge in [-0.1, -0.05) is 12.6 Å². The van der Waals surface area contributed by atoms with Gasteiger partial charge in [-0.05, 0) is 54.6 Å². The van der Waals surface area contributed by atoms with Crippen LogP contribution in [0.3, 0.4) is 0 Å². The van der Waals surface area contributed by atoms with Gasteiger partial charge in [-0.3, -0.25) is 9.69 Å². The maximum absolute atomic E-state index is 12.9. The number of halogens is 3. The molecule has 0 spiro atoms. The molecule has 0 radical (unpaired) electrons. The number of aromatic amines is 1. The summed E-state index contributed by atoms with van der Waals surface area (Å²) in [6, 6.07) is 13.4. The number of H-pyrrole nitrogens is 1. The van der Waals surface area contributed by atoms with E-state index in [-0.39, 0.29) is 5.91 Å². The van der Waals surface area contributed by atoms with Crippen LogP contribution in [0.4, 0.5) is 30.4 Å². The summed E-state index contributed by atoms with van der Waals surface area (Å²) in [6.45, 7) is 3.97. The molecule has 1 aliphatic heterocycles. The Kier molecular flexibility index (Phi) is 5.06. The van der Waals surface area contributed by atoms with E-state index in [0.717, 1.165) is 12.1 Å². The quantitative estimate of drug-likeness (QED) is 0.541. The van der Waals surface area contributed by atoms with Gasteiger partial charge < -0.3 is 15.0 Å². The van der Waals surface area contributed by atoms with Crippen molar-refractivity contribution in [2.24, 2.45) is 0 Å². The van der Waals surface area contributed by atoms with Crippen molar-refractivity contribution in [2.75, 3.05) is 17.3 Å². The molecule has 31 heavy (non-hydrogen) atoms. The van der Waals surface area contributed by atoms with Crippen LogP contribution in [0, 0.1) is 0 Å². The largest absolute Gasteiger partial charge is 0.497 e. The standard InChI is InChI=1S/C23H18F3N3O2/c1-14-6-7-15-12-20(22(30)27-17-4-3-5-19(13-17)31-2)28-21(15)29(14)18-10-8-16(9-11-18)23(24,25)26/h3-13,28H,1H2,2H3,(H,27,30). The molecule has 4 rings (SSSR count). The second-order valence-corrected chi connectivity index (χ2v) is 6.88. The molecule has 0 bridgehead atoms. The van der Waals surface area contributed by atoms with Gasteiger partial charge in [-0.2, -0.15) is 13.2 Å². The van der Waals surface area contributed by atoms with E-state index in [1.54, 1.807) is 47.4 Å². The smallest absolute Gasteiger partial charge is 0.416 e. The Balaban J connectivity index is 1.62. The van der Waals surface area contributed by atoms with Crippen LogP contribution in [-0.4, -0.2) is 18.0 Å². The van der Waals surface area contributed by atoms with Crippen molar-refractivity contribution in [2.45, 2.75) is 6.18 Å². The average Bonchev–Trinajstić information content (AvgIpc) is 3.18. The summed E-state index contributed by atoms with van der Waals surface area (Å²) in [5.74, 6) is 0.786. The molecule has 3 aromatic rings. The Morgan fingerprint density at radius 3 is 2.52 bits per heavy atom. The van der Waals surface area contributed by atoms with E-state index in [1.165, 1.54) is 19.2 Å². The summed E-state index contributed by atoms with van der Waals surface area (Å²) < 4.78 is 43.8. The van der Waals surface area contributed by atoms with Crippen LogP contribution in [0.25, 0.3) is 6.08 Å². The number of nitrogens with zero attached hydrogens (tertiary/aromatic N) is 1. The third-order valence-corrected chi connectivity index (χ3v) is 4.82. The van der Waals surface area contributed by atoms with E-state index >= 15 is 0 Å². The Hall–Kier alpha value is -3.94. The fourth-order valence-electron chi connectivity index (χ4n) is 3.29. The van der Waals surface area contributed by atoms with Gasteiger partial charge in [-0.15, -0.1) is 0 Å². The molecule has 0 unspecified atom stereocenters. The lowest BCUT2D eigenvalue weighted by atomic mass is 10.1. The molecule has 0 aliphatic carbocycles. The highest BCUT2D eigenvalue weighted by Crippen LogP contribution is 2.38. The number of rotatable bonds is 4. The molecule has 158 valence electrons. The van der Waals surface area contributed by atoms with Gasteiger partial charge in [-0.25, -0.2) is 0 Å². The highest BCUT2D eigenvalue weighted by molar-refractivity contribution is 6.04. The first-order valence-corrected chi connectivity index (χ1v) is 9.29. The van der Waals surface area contributed by atoms with Gasteiger partial charge in [0.05, 0.1) is 12.7 Å². The lowest BCUT2D eigenvalue weighted by Crippen LogP contribution is -2.18. The third kappa shape index (κ3) is 4.05. The summed E-state index contributed by atoms with van der Waals surface area (Å²) in [5.41, 5.74) is 1.88. The molecular weight excluding hydrogens is 407 g/mol. The van der Waals surface area contributed by atoms with Crippen molar-refractivity contribution in [3.63, 3.8) is 0 Å². The van der Waals surface area contributed by atoms with Crippen LogP contribution in [0.2, 0.25) is 0 Å². The van der Waals surface area contributed by atoms with Crippen molar-refractivity contribution in [1.82, 2.24) is 4.98 Å². The van der Waals surface area contributed by atoms with E-state index < -0.39 is 11.7 Å². The molecule has 1 aromatic heterocycles. The number of allylic oxidation sites excluding steroid dienone is 1. The number of hydrogen-bond donors (Lipinski definition) is 2. The topological polar surface area (TPSA) is 57.4 Å². The summed E-state index contributed by atoms with van der Waals surface area (Å²) >= 11 is 0. The van der Waals surface area contributed by atoms with Crippen LogP contribution in [0.5, 0.6) is 5.75 Å². The van der Waals surface area contributed by atoms with Crippen LogP contribution < -0.4 is 15.0 Å². The van der Waals surface area contributed by atoms with Gasteiger partial charge in [0, 0.05) is 28.7 Å². The number of ether oxygens (including phenoxy) is 1. The molecule has 0 fully saturated rings. The lowest BCUT2D eigenvalue weighted by Gasteiger charge is -2.27. The van der Waals surface area contributed by atoms with Crippen molar-refractivity contribution < 1.29 is 22.7 Å².